The van der Waals surface area contributed by atoms with Crippen LogP contribution in [0.2, 0.25) is 0 Å². The second kappa shape index (κ2) is 12.6. The summed E-state index contributed by atoms with van der Waals surface area (Å²) in [7, 11) is 0. The number of benzene rings is 1. The molecule has 3 rings (SSSR count). The number of hydrogen-bond acceptors (Lipinski definition) is 6. The summed E-state index contributed by atoms with van der Waals surface area (Å²) in [4.78, 5) is 45.3. The molecule has 0 saturated carbocycles. The van der Waals surface area contributed by atoms with Crippen molar-refractivity contribution in [3.05, 3.63) is 52.1 Å². The van der Waals surface area contributed by atoms with Crippen LogP contribution in [0.4, 0.5) is 14.9 Å². The summed E-state index contributed by atoms with van der Waals surface area (Å²) in [6.45, 7) is 11.4. The molecule has 0 aliphatic carbocycles. The average molecular weight is 514 g/mol. The number of carbonyl (C=O) groups excluding carboxylic acids is 3. The number of fused-ring (bicyclic) bond motifs is 1. The fourth-order valence-corrected chi connectivity index (χ4v) is 4.41. The molecule has 0 fully saturated rings. The number of nitrogens with one attached hydrogen (secondary N) is 2. The minimum absolute atomic E-state index is 0.122. The zero-order valence-electron chi connectivity index (χ0n) is 21.9. The van der Waals surface area contributed by atoms with Gasteiger partial charge in [-0.2, -0.15) is 0 Å². The lowest BCUT2D eigenvalue weighted by atomic mass is 10.0. The van der Waals surface area contributed by atoms with Crippen LogP contribution >= 0.6 is 0 Å². The fraction of sp³-hybridized carbons (Fsp3) is 0.444. The number of halogens is 1. The molecule has 1 aliphatic rings. The summed E-state index contributed by atoms with van der Waals surface area (Å²) in [6.07, 6.45) is 1.98. The first kappa shape index (κ1) is 28.1. The monoisotopic (exact) mass is 513 g/mol. The third-order valence-corrected chi connectivity index (χ3v) is 6.53. The van der Waals surface area contributed by atoms with Crippen LogP contribution in [0.3, 0.4) is 0 Å². The Morgan fingerprint density at radius 2 is 1.95 bits per heavy atom. The standard InChI is InChI=1S/C27H36FN5O4/c1-5-32(6-2)13-12-30-25(34)24-17(3)22(31-18(24)4)16-21-20-15-19(28)9-10-23(20)33(26(21)35)27(36)37-14-8-7-11-29/h9-10,15-16,31H,5-8,11-14,29H2,1-4H3,(H,30,34). The molecule has 4 N–H and O–H groups in total. The Hall–Kier alpha value is -3.50. The Morgan fingerprint density at radius 1 is 1.22 bits per heavy atom. The fourth-order valence-electron chi connectivity index (χ4n) is 4.41. The van der Waals surface area contributed by atoms with Crippen LogP contribution < -0.4 is 16.0 Å². The Balaban J connectivity index is 1.87. The average Bonchev–Trinajstić information content (AvgIpc) is 3.31. The second-order valence-corrected chi connectivity index (χ2v) is 8.92. The topological polar surface area (TPSA) is 121 Å². The van der Waals surface area contributed by atoms with Gasteiger partial charge in [0.1, 0.15) is 5.82 Å². The van der Waals surface area contributed by atoms with Gasteiger partial charge >= 0.3 is 6.09 Å². The SMILES string of the molecule is CCN(CC)CCNC(=O)c1c(C)[nH]c(C=C2C(=O)N(C(=O)OCCCCN)c3ccc(F)cc32)c1C. The number of nitrogens with two attached hydrogens (primary N) is 1. The van der Waals surface area contributed by atoms with Gasteiger partial charge in [-0.15, -0.1) is 0 Å². The Bertz CT molecular complexity index is 1190. The van der Waals surface area contributed by atoms with Crippen molar-refractivity contribution >= 4 is 35.2 Å². The number of H-pyrrole nitrogens is 1. The summed E-state index contributed by atoms with van der Waals surface area (Å²) in [5.41, 5.74) is 8.45. The summed E-state index contributed by atoms with van der Waals surface area (Å²) in [5.74, 6) is -1.38. The van der Waals surface area contributed by atoms with Gasteiger partial charge < -0.3 is 25.7 Å². The molecule has 0 atom stereocenters. The number of carbonyl (C=O) groups is 3. The van der Waals surface area contributed by atoms with Gasteiger partial charge in [0.2, 0.25) is 0 Å². The maximum Gasteiger partial charge on any atom is 0.421 e. The number of aromatic nitrogens is 1. The number of anilines is 1. The van der Waals surface area contributed by atoms with Crippen molar-refractivity contribution in [2.24, 2.45) is 5.73 Å². The van der Waals surface area contributed by atoms with Crippen LogP contribution in [-0.4, -0.2) is 67.1 Å². The smallest absolute Gasteiger partial charge is 0.421 e. The molecule has 0 radical (unpaired) electrons. The van der Waals surface area contributed by atoms with Crippen LogP contribution in [0.25, 0.3) is 11.6 Å². The molecule has 1 aliphatic heterocycles. The zero-order valence-corrected chi connectivity index (χ0v) is 21.9. The van der Waals surface area contributed by atoms with E-state index in [9.17, 15) is 18.8 Å². The van der Waals surface area contributed by atoms with E-state index in [1.54, 1.807) is 19.9 Å². The van der Waals surface area contributed by atoms with Crippen molar-refractivity contribution < 1.29 is 23.5 Å². The van der Waals surface area contributed by atoms with Crippen LogP contribution in [-0.2, 0) is 9.53 Å². The lowest BCUT2D eigenvalue weighted by Crippen LogP contribution is -2.35. The van der Waals surface area contributed by atoms with E-state index in [0.717, 1.165) is 24.5 Å². The molecule has 0 saturated heterocycles. The minimum Gasteiger partial charge on any atom is -0.449 e. The van der Waals surface area contributed by atoms with Gasteiger partial charge in [-0.25, -0.2) is 14.1 Å². The largest absolute Gasteiger partial charge is 0.449 e. The van der Waals surface area contributed by atoms with E-state index in [0.29, 0.717) is 48.4 Å². The normalized spacial score (nSPS) is 14.0. The number of amides is 3. The highest BCUT2D eigenvalue weighted by atomic mass is 19.1. The van der Waals surface area contributed by atoms with Crippen LogP contribution in [0, 0.1) is 19.7 Å². The molecule has 10 heteroatoms. The third-order valence-electron chi connectivity index (χ3n) is 6.53. The van der Waals surface area contributed by atoms with Crippen LogP contribution in [0.1, 0.15) is 59.6 Å². The molecule has 0 spiro atoms. The number of nitrogens with zero attached hydrogens (tertiary/aromatic N) is 2. The van der Waals surface area contributed by atoms with Crippen LogP contribution in [0.15, 0.2) is 18.2 Å². The first-order chi connectivity index (χ1) is 17.7. The first-order valence-electron chi connectivity index (χ1n) is 12.7. The number of rotatable bonds is 11. The molecule has 37 heavy (non-hydrogen) atoms. The van der Waals surface area contributed by atoms with Gasteiger partial charge in [0.15, 0.2) is 0 Å². The predicted molar refractivity (Wildman–Crippen MR) is 142 cm³/mol. The van der Waals surface area contributed by atoms with Crippen molar-refractivity contribution in [2.75, 3.05) is 44.2 Å². The number of likely N-dealkylation sites (N-methyl/N-ethyl adjacent to an activating group) is 1. The number of aromatic amines is 1. The summed E-state index contributed by atoms with van der Waals surface area (Å²) in [5, 5.41) is 2.95. The number of aryl methyl sites for hydroxylation is 1. The summed E-state index contributed by atoms with van der Waals surface area (Å²) in [6, 6.07) is 3.79. The molecule has 0 unspecified atom stereocenters. The van der Waals surface area contributed by atoms with Gasteiger partial charge in [0.05, 0.1) is 23.4 Å². The first-order valence-corrected chi connectivity index (χ1v) is 12.7. The van der Waals surface area contributed by atoms with Crippen molar-refractivity contribution in [3.63, 3.8) is 0 Å². The minimum atomic E-state index is -0.828. The Kier molecular flexibility index (Phi) is 9.60. The highest BCUT2D eigenvalue weighted by Crippen LogP contribution is 2.39. The van der Waals surface area contributed by atoms with Gasteiger partial charge in [-0.05, 0) is 76.2 Å². The molecule has 1 aromatic heterocycles. The van der Waals surface area contributed by atoms with E-state index in [2.05, 4.69) is 29.0 Å². The van der Waals surface area contributed by atoms with E-state index >= 15 is 0 Å². The molecule has 200 valence electrons. The Morgan fingerprint density at radius 3 is 2.62 bits per heavy atom. The second-order valence-electron chi connectivity index (χ2n) is 8.92. The molecular formula is C27H36FN5O4. The zero-order chi connectivity index (χ0) is 27.1. The molecular weight excluding hydrogens is 477 g/mol. The van der Waals surface area contributed by atoms with Gasteiger partial charge in [0, 0.05) is 30.0 Å². The van der Waals surface area contributed by atoms with Crippen LogP contribution in [0.5, 0.6) is 0 Å². The number of ether oxygens (including phenoxy) is 1. The third kappa shape index (κ3) is 6.26. The molecule has 2 aromatic rings. The maximum absolute atomic E-state index is 14.1. The molecule has 1 aromatic carbocycles. The van der Waals surface area contributed by atoms with E-state index in [-0.39, 0.29) is 29.3 Å². The summed E-state index contributed by atoms with van der Waals surface area (Å²) >= 11 is 0. The highest BCUT2D eigenvalue weighted by Gasteiger charge is 2.38. The number of unbranched alkanes of at least 4 members (excludes halogenated alkanes) is 1. The van der Waals surface area contributed by atoms with Crippen molar-refractivity contribution in [1.82, 2.24) is 15.2 Å². The number of imide groups is 1. The molecule has 3 amide bonds. The van der Waals surface area contributed by atoms with E-state index in [4.69, 9.17) is 10.5 Å². The van der Waals surface area contributed by atoms with Gasteiger partial charge in [-0.1, -0.05) is 13.8 Å². The molecule has 0 bridgehead atoms. The van der Waals surface area contributed by atoms with Crippen molar-refractivity contribution in [2.45, 2.75) is 40.5 Å². The van der Waals surface area contributed by atoms with E-state index in [1.807, 2.05) is 0 Å². The highest BCUT2D eigenvalue weighted by molar-refractivity contribution is 6.41. The molecule has 9 nitrogen and oxygen atoms in total. The lowest BCUT2D eigenvalue weighted by Gasteiger charge is -2.18. The van der Waals surface area contributed by atoms with Gasteiger partial charge in [-0.3, -0.25) is 9.59 Å². The van der Waals surface area contributed by atoms with E-state index in [1.165, 1.54) is 18.2 Å². The van der Waals surface area contributed by atoms with Crippen molar-refractivity contribution in [1.29, 1.82) is 0 Å². The predicted octanol–water partition coefficient (Wildman–Crippen LogP) is 3.60. The Labute approximate surface area is 216 Å². The maximum atomic E-state index is 14.1. The number of hydrogen-bond donors (Lipinski definition) is 3. The van der Waals surface area contributed by atoms with Gasteiger partial charge in [0.25, 0.3) is 11.8 Å². The van der Waals surface area contributed by atoms with Crippen molar-refractivity contribution in [3.8, 4) is 0 Å². The quantitative estimate of drug-likeness (QED) is 0.312. The van der Waals surface area contributed by atoms with E-state index < -0.39 is 17.8 Å². The lowest BCUT2D eigenvalue weighted by molar-refractivity contribution is -0.112. The molecule has 2 heterocycles. The summed E-state index contributed by atoms with van der Waals surface area (Å²) < 4.78 is 19.4.